The molecule has 0 aromatic carbocycles. The predicted molar refractivity (Wildman–Crippen MR) is 53.9 cm³/mol. The molecule has 0 radical (unpaired) electrons. The summed E-state index contributed by atoms with van der Waals surface area (Å²) in [6, 6.07) is 0. The minimum atomic E-state index is 0.370. The second-order valence-electron chi connectivity index (χ2n) is 3.35. The molecule has 13 heavy (non-hydrogen) atoms. The van der Waals surface area contributed by atoms with Crippen LogP contribution in [0.15, 0.2) is 36.1 Å². The van der Waals surface area contributed by atoms with E-state index in [9.17, 15) is 4.79 Å². The highest BCUT2D eigenvalue weighted by molar-refractivity contribution is 5.52. The van der Waals surface area contributed by atoms with Crippen LogP contribution in [0, 0.1) is 11.8 Å². The Bertz CT molecular complexity index is 263. The van der Waals surface area contributed by atoms with Crippen molar-refractivity contribution < 1.29 is 4.79 Å². The Morgan fingerprint density at radius 2 is 1.92 bits per heavy atom. The summed E-state index contributed by atoms with van der Waals surface area (Å²) in [5, 5.41) is 2.66. The Labute approximate surface area is 79.0 Å². The fourth-order valence-corrected chi connectivity index (χ4v) is 1.23. The molecule has 0 heterocycles. The standard InChI is InChI=1S/C11H15NO/c1-9-3-4-10(2)7-11(6-5-9)12-8-13/h3-10H,1-2H3,(H,12,13)/b4-3-,6-5-,11-7+. The molecule has 2 nitrogen and oxygen atoms in total. The zero-order valence-corrected chi connectivity index (χ0v) is 8.03. The summed E-state index contributed by atoms with van der Waals surface area (Å²) in [6.45, 7) is 4.21. The first kappa shape index (κ1) is 9.78. The maximum absolute atomic E-state index is 10.3. The Hall–Kier alpha value is -1.31. The van der Waals surface area contributed by atoms with E-state index < -0.39 is 0 Å². The lowest BCUT2D eigenvalue weighted by Crippen LogP contribution is -2.10. The number of allylic oxidation sites excluding steroid dienone is 5. The van der Waals surface area contributed by atoms with E-state index in [4.69, 9.17) is 0 Å². The van der Waals surface area contributed by atoms with Gasteiger partial charge in [-0.3, -0.25) is 4.79 Å². The molecule has 0 saturated heterocycles. The van der Waals surface area contributed by atoms with E-state index >= 15 is 0 Å². The predicted octanol–water partition coefficient (Wildman–Crippen LogP) is 2.01. The summed E-state index contributed by atoms with van der Waals surface area (Å²) < 4.78 is 0. The van der Waals surface area contributed by atoms with Crippen LogP contribution in [0.4, 0.5) is 0 Å². The van der Waals surface area contributed by atoms with Crippen LogP contribution in [0.5, 0.6) is 0 Å². The molecule has 1 rings (SSSR count). The summed E-state index contributed by atoms with van der Waals surface area (Å²) in [6.07, 6.45) is 11.0. The smallest absolute Gasteiger partial charge is 0.211 e. The summed E-state index contributed by atoms with van der Waals surface area (Å²) in [4.78, 5) is 10.3. The van der Waals surface area contributed by atoms with Crippen molar-refractivity contribution in [2.45, 2.75) is 13.8 Å². The molecule has 2 atom stereocenters. The van der Waals surface area contributed by atoms with Crippen molar-refractivity contribution in [1.29, 1.82) is 0 Å². The molecule has 0 aromatic rings. The zero-order valence-electron chi connectivity index (χ0n) is 8.03. The summed E-state index contributed by atoms with van der Waals surface area (Å²) in [5.41, 5.74) is 0.874. The van der Waals surface area contributed by atoms with Gasteiger partial charge in [-0.1, -0.05) is 38.2 Å². The molecule has 0 fully saturated rings. The molecule has 70 valence electrons. The third-order valence-corrected chi connectivity index (χ3v) is 1.97. The van der Waals surface area contributed by atoms with E-state index in [0.29, 0.717) is 18.2 Å². The van der Waals surface area contributed by atoms with Gasteiger partial charge in [-0.05, 0) is 17.9 Å². The summed E-state index contributed by atoms with van der Waals surface area (Å²) in [5.74, 6) is 0.800. The number of amides is 1. The lowest BCUT2D eigenvalue weighted by Gasteiger charge is -2.08. The van der Waals surface area contributed by atoms with Crippen molar-refractivity contribution in [3.05, 3.63) is 36.1 Å². The Kier molecular flexibility index (Phi) is 3.50. The van der Waals surface area contributed by atoms with Crippen molar-refractivity contribution in [2.24, 2.45) is 11.8 Å². The van der Waals surface area contributed by atoms with E-state index in [1.807, 2.05) is 12.2 Å². The number of hydrogen-bond donors (Lipinski definition) is 1. The van der Waals surface area contributed by atoms with Crippen molar-refractivity contribution in [2.75, 3.05) is 0 Å². The van der Waals surface area contributed by atoms with Crippen LogP contribution in [-0.2, 0) is 4.79 Å². The molecule has 0 bridgehead atoms. The number of carbonyl (C=O) groups excluding carboxylic acids is 1. The average molecular weight is 177 g/mol. The van der Waals surface area contributed by atoms with Crippen LogP contribution in [0.3, 0.4) is 0 Å². The van der Waals surface area contributed by atoms with E-state index in [2.05, 4.69) is 37.4 Å². The fraction of sp³-hybridized carbons (Fsp3) is 0.364. The monoisotopic (exact) mass is 177 g/mol. The second kappa shape index (κ2) is 4.65. The lowest BCUT2D eigenvalue weighted by atomic mass is 10.0. The van der Waals surface area contributed by atoms with E-state index in [1.165, 1.54) is 0 Å². The first-order valence-corrected chi connectivity index (χ1v) is 4.51. The summed E-state index contributed by atoms with van der Waals surface area (Å²) >= 11 is 0. The molecule has 2 unspecified atom stereocenters. The molecule has 0 aliphatic heterocycles. The van der Waals surface area contributed by atoms with Gasteiger partial charge in [0.15, 0.2) is 0 Å². The van der Waals surface area contributed by atoms with Crippen LogP contribution >= 0.6 is 0 Å². The van der Waals surface area contributed by atoms with Crippen LogP contribution in [-0.4, -0.2) is 6.41 Å². The first-order valence-electron chi connectivity index (χ1n) is 4.51. The normalized spacial score (nSPS) is 36.3. The topological polar surface area (TPSA) is 29.1 Å². The van der Waals surface area contributed by atoms with Crippen molar-refractivity contribution >= 4 is 6.41 Å². The molecule has 1 aliphatic rings. The molecular formula is C11H15NO. The first-order chi connectivity index (χ1) is 6.22. The quantitative estimate of drug-likeness (QED) is 0.507. The Balaban J connectivity index is 2.82. The summed E-state index contributed by atoms with van der Waals surface area (Å²) in [7, 11) is 0. The SMILES string of the molecule is CC1/C=C\C(NC=O)=C/C(C)/C=C\1. The zero-order chi connectivity index (χ0) is 9.68. The van der Waals surface area contributed by atoms with E-state index in [0.717, 1.165) is 5.70 Å². The van der Waals surface area contributed by atoms with Gasteiger partial charge in [0, 0.05) is 5.70 Å². The van der Waals surface area contributed by atoms with Crippen LogP contribution in [0.25, 0.3) is 0 Å². The van der Waals surface area contributed by atoms with Gasteiger partial charge >= 0.3 is 0 Å². The largest absolute Gasteiger partial charge is 0.329 e. The third-order valence-electron chi connectivity index (χ3n) is 1.97. The molecular weight excluding hydrogens is 162 g/mol. The minimum absolute atomic E-state index is 0.370. The molecule has 1 amide bonds. The third kappa shape index (κ3) is 3.28. The van der Waals surface area contributed by atoms with Gasteiger partial charge in [0.2, 0.25) is 6.41 Å². The van der Waals surface area contributed by atoms with Crippen molar-refractivity contribution in [3.63, 3.8) is 0 Å². The van der Waals surface area contributed by atoms with Crippen molar-refractivity contribution in [3.8, 4) is 0 Å². The van der Waals surface area contributed by atoms with Gasteiger partial charge in [0.05, 0.1) is 0 Å². The number of nitrogens with one attached hydrogen (secondary N) is 1. The highest BCUT2D eigenvalue weighted by atomic mass is 16.1. The van der Waals surface area contributed by atoms with Gasteiger partial charge in [-0.25, -0.2) is 0 Å². The molecule has 1 N–H and O–H groups in total. The van der Waals surface area contributed by atoms with E-state index in [1.54, 1.807) is 0 Å². The minimum Gasteiger partial charge on any atom is -0.329 e. The Morgan fingerprint density at radius 1 is 1.23 bits per heavy atom. The van der Waals surface area contributed by atoms with Gasteiger partial charge in [-0.2, -0.15) is 0 Å². The van der Waals surface area contributed by atoms with Crippen LogP contribution < -0.4 is 5.32 Å². The lowest BCUT2D eigenvalue weighted by molar-refractivity contribution is -0.108. The number of carbonyl (C=O) groups is 1. The van der Waals surface area contributed by atoms with Crippen LogP contribution in [0.2, 0.25) is 0 Å². The maximum Gasteiger partial charge on any atom is 0.211 e. The van der Waals surface area contributed by atoms with Crippen molar-refractivity contribution in [1.82, 2.24) is 5.32 Å². The van der Waals surface area contributed by atoms with Gasteiger partial charge in [-0.15, -0.1) is 0 Å². The molecule has 0 saturated carbocycles. The van der Waals surface area contributed by atoms with Gasteiger partial charge < -0.3 is 5.32 Å². The molecule has 2 heteroatoms. The van der Waals surface area contributed by atoms with Gasteiger partial charge in [0.1, 0.15) is 0 Å². The van der Waals surface area contributed by atoms with Crippen LogP contribution in [0.1, 0.15) is 13.8 Å². The van der Waals surface area contributed by atoms with E-state index in [-0.39, 0.29) is 0 Å². The maximum atomic E-state index is 10.3. The molecule has 0 aromatic heterocycles. The Morgan fingerprint density at radius 3 is 2.62 bits per heavy atom. The number of rotatable bonds is 2. The molecule has 0 spiro atoms. The fourth-order valence-electron chi connectivity index (χ4n) is 1.23. The average Bonchev–Trinajstić information content (AvgIpc) is 2.09. The van der Waals surface area contributed by atoms with Gasteiger partial charge in [0.25, 0.3) is 0 Å². The highest BCUT2D eigenvalue weighted by Crippen LogP contribution is 2.11. The second-order valence-corrected chi connectivity index (χ2v) is 3.35. The highest BCUT2D eigenvalue weighted by Gasteiger charge is 2.00. The molecule has 1 aliphatic carbocycles. The number of hydrogen-bond acceptors (Lipinski definition) is 1.